The third-order valence-electron chi connectivity index (χ3n) is 5.62. The van der Waals surface area contributed by atoms with Gasteiger partial charge in [0.25, 0.3) is 5.91 Å². The number of benzene rings is 2. The van der Waals surface area contributed by atoms with E-state index in [0.29, 0.717) is 36.8 Å². The lowest BCUT2D eigenvalue weighted by Crippen LogP contribution is -2.40. The number of nitrogens with one attached hydrogen (secondary N) is 2. The van der Waals surface area contributed by atoms with Crippen LogP contribution in [0.5, 0.6) is 0 Å². The van der Waals surface area contributed by atoms with Crippen molar-refractivity contribution in [1.29, 1.82) is 0 Å². The molecule has 4 nitrogen and oxygen atoms in total. The molecule has 2 N–H and O–H groups in total. The van der Waals surface area contributed by atoms with Gasteiger partial charge in [0, 0.05) is 23.2 Å². The Balaban J connectivity index is 1.43. The van der Waals surface area contributed by atoms with Crippen molar-refractivity contribution in [3.05, 3.63) is 70.6 Å². The standard InChI is InChI=1S/C23H20ClF4N3O/c24-17-6-3-5-16(21(17)25)22(32)30-14-10-8-13(9-11-14)29-19-12-20(23(26,27)28)31-18-7-2-1-4-15(18)19/h1-7,12-14H,8-11H2,(H,29,31)(H,30,32). The molecule has 0 radical (unpaired) electrons. The number of alkyl halides is 3. The maximum absolute atomic E-state index is 14.1. The van der Waals surface area contributed by atoms with Crippen molar-refractivity contribution in [3.63, 3.8) is 0 Å². The Bertz CT molecular complexity index is 1140. The molecule has 0 aliphatic heterocycles. The summed E-state index contributed by atoms with van der Waals surface area (Å²) in [6.45, 7) is 0. The van der Waals surface area contributed by atoms with Crippen LogP contribution in [0.15, 0.2) is 48.5 Å². The zero-order chi connectivity index (χ0) is 22.9. The molecule has 9 heteroatoms. The lowest BCUT2D eigenvalue weighted by Gasteiger charge is -2.30. The summed E-state index contributed by atoms with van der Waals surface area (Å²) in [5.41, 5.74) is -0.394. The van der Waals surface area contributed by atoms with Gasteiger partial charge in [0.05, 0.1) is 16.1 Å². The molecule has 1 saturated carbocycles. The van der Waals surface area contributed by atoms with Crippen LogP contribution in [0.1, 0.15) is 41.7 Å². The number of halogens is 5. The van der Waals surface area contributed by atoms with E-state index >= 15 is 0 Å². The summed E-state index contributed by atoms with van der Waals surface area (Å²) in [6.07, 6.45) is -2.04. The minimum atomic E-state index is -4.54. The second-order valence-electron chi connectivity index (χ2n) is 7.84. The number of hydrogen-bond donors (Lipinski definition) is 2. The first kappa shape index (κ1) is 22.3. The number of fused-ring (bicyclic) bond motifs is 1. The van der Waals surface area contributed by atoms with Crippen molar-refractivity contribution in [2.75, 3.05) is 5.32 Å². The van der Waals surface area contributed by atoms with E-state index in [2.05, 4.69) is 15.6 Å². The SMILES string of the molecule is O=C(NC1CCC(Nc2cc(C(F)(F)F)nc3ccccc23)CC1)c1cccc(Cl)c1F. The van der Waals surface area contributed by atoms with Crippen molar-refractivity contribution in [1.82, 2.24) is 10.3 Å². The highest BCUT2D eigenvalue weighted by Gasteiger charge is 2.34. The summed E-state index contributed by atoms with van der Waals surface area (Å²) in [5, 5.41) is 6.55. The lowest BCUT2D eigenvalue weighted by molar-refractivity contribution is -0.140. The van der Waals surface area contributed by atoms with Crippen LogP contribution in [0, 0.1) is 5.82 Å². The fraction of sp³-hybridized carbons (Fsp3) is 0.304. The summed E-state index contributed by atoms with van der Waals surface area (Å²) in [5.74, 6) is -1.29. The summed E-state index contributed by atoms with van der Waals surface area (Å²) < 4.78 is 53.9. The van der Waals surface area contributed by atoms with E-state index in [1.807, 2.05) is 0 Å². The number of rotatable bonds is 4. The number of nitrogens with zero attached hydrogens (tertiary/aromatic N) is 1. The smallest absolute Gasteiger partial charge is 0.382 e. The van der Waals surface area contributed by atoms with Gasteiger partial charge >= 0.3 is 6.18 Å². The molecule has 1 aromatic heterocycles. The van der Waals surface area contributed by atoms with Crippen molar-refractivity contribution < 1.29 is 22.4 Å². The predicted molar refractivity (Wildman–Crippen MR) is 115 cm³/mol. The van der Waals surface area contributed by atoms with Crippen LogP contribution in [0.4, 0.5) is 23.2 Å². The summed E-state index contributed by atoms with van der Waals surface area (Å²) >= 11 is 5.74. The van der Waals surface area contributed by atoms with Crippen LogP contribution in [-0.4, -0.2) is 23.0 Å². The average Bonchev–Trinajstić information content (AvgIpc) is 2.76. The second kappa shape index (κ2) is 8.94. The Labute approximate surface area is 187 Å². The molecule has 1 aliphatic rings. The van der Waals surface area contributed by atoms with Gasteiger partial charge in [0.15, 0.2) is 5.82 Å². The molecule has 168 valence electrons. The van der Waals surface area contributed by atoms with Crippen LogP contribution < -0.4 is 10.6 Å². The first-order valence-electron chi connectivity index (χ1n) is 10.2. The molecule has 32 heavy (non-hydrogen) atoms. The number of pyridine rings is 1. The minimum absolute atomic E-state index is 0.0575. The highest BCUT2D eigenvalue weighted by atomic mass is 35.5. The van der Waals surface area contributed by atoms with Gasteiger partial charge in [-0.1, -0.05) is 35.9 Å². The normalized spacial score (nSPS) is 19.0. The molecule has 1 aliphatic carbocycles. The van der Waals surface area contributed by atoms with E-state index in [9.17, 15) is 22.4 Å². The van der Waals surface area contributed by atoms with Gasteiger partial charge in [0.1, 0.15) is 5.69 Å². The van der Waals surface area contributed by atoms with E-state index < -0.39 is 23.6 Å². The Hall–Kier alpha value is -2.87. The zero-order valence-corrected chi connectivity index (χ0v) is 17.6. The van der Waals surface area contributed by atoms with E-state index in [4.69, 9.17) is 11.6 Å². The fourth-order valence-corrected chi connectivity index (χ4v) is 4.16. The molecule has 1 heterocycles. The summed E-state index contributed by atoms with van der Waals surface area (Å²) in [6, 6.07) is 11.8. The first-order valence-corrected chi connectivity index (χ1v) is 10.6. The average molecular weight is 466 g/mol. The lowest BCUT2D eigenvalue weighted by atomic mass is 9.90. The third-order valence-corrected chi connectivity index (χ3v) is 5.92. The predicted octanol–water partition coefficient (Wildman–Crippen LogP) is 6.20. The molecule has 0 atom stereocenters. The monoisotopic (exact) mass is 465 g/mol. The van der Waals surface area contributed by atoms with Gasteiger partial charge in [-0.15, -0.1) is 0 Å². The Morgan fingerprint density at radius 1 is 1.00 bits per heavy atom. The molecule has 1 amide bonds. The van der Waals surface area contributed by atoms with Gasteiger partial charge in [-0.2, -0.15) is 13.2 Å². The maximum Gasteiger partial charge on any atom is 0.433 e. The number of anilines is 1. The van der Waals surface area contributed by atoms with Crippen LogP contribution in [0.25, 0.3) is 10.9 Å². The number of carbonyl (C=O) groups excluding carboxylic acids is 1. The Morgan fingerprint density at radius 2 is 1.69 bits per heavy atom. The Kier molecular flexibility index (Phi) is 6.24. The van der Waals surface area contributed by atoms with Gasteiger partial charge in [-0.05, 0) is 49.9 Å². The van der Waals surface area contributed by atoms with E-state index in [0.717, 1.165) is 6.07 Å². The zero-order valence-electron chi connectivity index (χ0n) is 16.8. The molecule has 0 unspecified atom stereocenters. The van der Waals surface area contributed by atoms with Crippen molar-refractivity contribution >= 4 is 34.1 Å². The van der Waals surface area contributed by atoms with Gasteiger partial charge in [0.2, 0.25) is 0 Å². The van der Waals surface area contributed by atoms with Gasteiger partial charge in [-0.3, -0.25) is 4.79 Å². The highest BCUT2D eigenvalue weighted by Crippen LogP contribution is 2.34. The van der Waals surface area contributed by atoms with E-state index in [1.54, 1.807) is 24.3 Å². The van der Waals surface area contributed by atoms with Crippen molar-refractivity contribution in [2.45, 2.75) is 43.9 Å². The number of hydrogen-bond acceptors (Lipinski definition) is 3. The van der Waals surface area contributed by atoms with E-state index in [1.165, 1.54) is 18.2 Å². The largest absolute Gasteiger partial charge is 0.433 e. The quantitative estimate of drug-likeness (QED) is 0.451. The summed E-state index contributed by atoms with van der Waals surface area (Å²) in [7, 11) is 0. The third kappa shape index (κ3) is 4.80. The second-order valence-corrected chi connectivity index (χ2v) is 8.24. The van der Waals surface area contributed by atoms with Crippen LogP contribution in [0.2, 0.25) is 5.02 Å². The Morgan fingerprint density at radius 3 is 2.41 bits per heavy atom. The number of para-hydroxylation sites is 1. The number of aromatic nitrogens is 1. The molecule has 1 fully saturated rings. The van der Waals surface area contributed by atoms with Gasteiger partial charge < -0.3 is 10.6 Å². The molecule has 4 rings (SSSR count). The van der Waals surface area contributed by atoms with Gasteiger partial charge in [-0.25, -0.2) is 9.37 Å². The number of amides is 1. The molecular weight excluding hydrogens is 446 g/mol. The highest BCUT2D eigenvalue weighted by molar-refractivity contribution is 6.31. The van der Waals surface area contributed by atoms with E-state index in [-0.39, 0.29) is 28.2 Å². The molecule has 0 spiro atoms. The molecule has 0 saturated heterocycles. The minimum Gasteiger partial charge on any atom is -0.382 e. The molecular formula is C23H20ClF4N3O. The van der Waals surface area contributed by atoms with Crippen molar-refractivity contribution in [2.24, 2.45) is 0 Å². The van der Waals surface area contributed by atoms with Crippen LogP contribution in [0.3, 0.4) is 0 Å². The van der Waals surface area contributed by atoms with Crippen LogP contribution >= 0.6 is 11.6 Å². The molecule has 2 aromatic carbocycles. The van der Waals surface area contributed by atoms with Crippen molar-refractivity contribution in [3.8, 4) is 0 Å². The summed E-state index contributed by atoms with van der Waals surface area (Å²) in [4.78, 5) is 16.1. The topological polar surface area (TPSA) is 54.0 Å². The number of carbonyl (C=O) groups is 1. The first-order chi connectivity index (χ1) is 15.2. The van der Waals surface area contributed by atoms with Crippen LogP contribution in [-0.2, 0) is 6.18 Å². The molecule has 3 aromatic rings. The molecule has 0 bridgehead atoms. The fourth-order valence-electron chi connectivity index (χ4n) is 3.98. The maximum atomic E-state index is 14.1.